The van der Waals surface area contributed by atoms with E-state index >= 15 is 0 Å². The molecule has 0 aromatic heterocycles. The zero-order valence-corrected chi connectivity index (χ0v) is 12.7. The molecule has 0 aliphatic heterocycles. The van der Waals surface area contributed by atoms with Gasteiger partial charge in [0.2, 0.25) is 0 Å². The second-order valence-corrected chi connectivity index (χ2v) is 4.41. The molecule has 6 nitrogen and oxygen atoms in total. The van der Waals surface area contributed by atoms with Gasteiger partial charge in [-0.05, 0) is 36.4 Å². The van der Waals surface area contributed by atoms with Gasteiger partial charge in [-0.1, -0.05) is 25.3 Å². The highest BCUT2D eigenvalue weighted by molar-refractivity contribution is 5.84. The van der Waals surface area contributed by atoms with Crippen LogP contribution >= 0.6 is 0 Å². The Morgan fingerprint density at radius 1 is 0.833 bits per heavy atom. The summed E-state index contributed by atoms with van der Waals surface area (Å²) < 4.78 is 10.0. The molecule has 0 heterocycles. The summed E-state index contributed by atoms with van der Waals surface area (Å²) in [6.45, 7) is 6.67. The number of carbonyl (C=O) groups excluding carboxylic acids is 2. The number of rotatable bonds is 6. The molecule has 0 bridgehead atoms. The van der Waals surface area contributed by atoms with E-state index in [4.69, 9.17) is 9.47 Å². The van der Waals surface area contributed by atoms with Gasteiger partial charge in [-0.3, -0.25) is 0 Å². The SMILES string of the molecule is C=CC(=O)Oc1ccc(N=Nc2ccccc2OC(=O)C=C)cc1. The molecule has 0 unspecified atom stereocenters. The van der Waals surface area contributed by atoms with Gasteiger partial charge in [0.25, 0.3) is 0 Å². The smallest absolute Gasteiger partial charge is 0.335 e. The molecule has 2 rings (SSSR count). The first-order valence-electron chi connectivity index (χ1n) is 6.91. The molecule has 0 amide bonds. The molecule has 0 fully saturated rings. The van der Waals surface area contributed by atoms with Crippen molar-refractivity contribution in [3.8, 4) is 11.5 Å². The molecule has 120 valence electrons. The van der Waals surface area contributed by atoms with E-state index in [1.54, 1.807) is 48.5 Å². The molecule has 6 heteroatoms. The average molecular weight is 322 g/mol. The predicted octanol–water partition coefficient (Wildman–Crippen LogP) is 4.28. The lowest BCUT2D eigenvalue weighted by Gasteiger charge is -2.04. The fourth-order valence-corrected chi connectivity index (χ4v) is 1.63. The number of benzene rings is 2. The highest BCUT2D eigenvalue weighted by Crippen LogP contribution is 2.29. The van der Waals surface area contributed by atoms with Crippen molar-refractivity contribution < 1.29 is 19.1 Å². The third kappa shape index (κ3) is 4.74. The van der Waals surface area contributed by atoms with Gasteiger partial charge in [-0.15, -0.1) is 5.11 Å². The van der Waals surface area contributed by atoms with Crippen molar-refractivity contribution in [2.45, 2.75) is 0 Å². The molecule has 0 saturated carbocycles. The van der Waals surface area contributed by atoms with Crippen molar-refractivity contribution >= 4 is 23.3 Å². The van der Waals surface area contributed by atoms with Crippen LogP contribution in [0.5, 0.6) is 11.5 Å². The van der Waals surface area contributed by atoms with Crippen LogP contribution in [0.15, 0.2) is 84.1 Å². The lowest BCUT2D eigenvalue weighted by Crippen LogP contribution is -2.02. The van der Waals surface area contributed by atoms with Crippen LogP contribution in [0.2, 0.25) is 0 Å². The maximum atomic E-state index is 11.3. The van der Waals surface area contributed by atoms with Crippen LogP contribution in [0.1, 0.15) is 0 Å². The van der Waals surface area contributed by atoms with Crippen LogP contribution in [0.3, 0.4) is 0 Å². The summed E-state index contributed by atoms with van der Waals surface area (Å²) in [5.41, 5.74) is 0.938. The number of carbonyl (C=O) groups is 2. The predicted molar refractivity (Wildman–Crippen MR) is 88.7 cm³/mol. The summed E-state index contributed by atoms with van der Waals surface area (Å²) in [6.07, 6.45) is 2.15. The van der Waals surface area contributed by atoms with Gasteiger partial charge < -0.3 is 9.47 Å². The number of hydrogen-bond donors (Lipinski definition) is 0. The quantitative estimate of drug-likeness (QED) is 0.344. The average Bonchev–Trinajstić information content (AvgIpc) is 2.62. The molecule has 0 N–H and O–H groups in total. The van der Waals surface area contributed by atoms with Crippen LogP contribution in [-0.2, 0) is 9.59 Å². The van der Waals surface area contributed by atoms with E-state index in [-0.39, 0.29) is 5.75 Å². The van der Waals surface area contributed by atoms with Crippen molar-refractivity contribution in [1.29, 1.82) is 0 Å². The van der Waals surface area contributed by atoms with Crippen LogP contribution in [0, 0.1) is 0 Å². The molecule has 0 spiro atoms. The molecule has 0 aliphatic rings. The van der Waals surface area contributed by atoms with E-state index in [2.05, 4.69) is 23.4 Å². The summed E-state index contributed by atoms with van der Waals surface area (Å²) in [6, 6.07) is 13.2. The Labute approximate surface area is 138 Å². The van der Waals surface area contributed by atoms with Crippen molar-refractivity contribution in [2.24, 2.45) is 10.2 Å². The summed E-state index contributed by atoms with van der Waals surface area (Å²) in [7, 11) is 0. The Morgan fingerprint density at radius 3 is 2.12 bits per heavy atom. The van der Waals surface area contributed by atoms with Crippen molar-refractivity contribution in [2.75, 3.05) is 0 Å². The minimum Gasteiger partial charge on any atom is -0.423 e. The molecule has 0 atom stereocenters. The number of nitrogens with zero attached hydrogens (tertiary/aromatic N) is 2. The first-order valence-corrected chi connectivity index (χ1v) is 6.91. The van der Waals surface area contributed by atoms with Crippen molar-refractivity contribution in [3.63, 3.8) is 0 Å². The molecular weight excluding hydrogens is 308 g/mol. The van der Waals surface area contributed by atoms with E-state index in [0.29, 0.717) is 17.1 Å². The van der Waals surface area contributed by atoms with Crippen LogP contribution in [0.25, 0.3) is 0 Å². The summed E-state index contributed by atoms with van der Waals surface area (Å²) in [4.78, 5) is 22.4. The van der Waals surface area contributed by atoms with Gasteiger partial charge >= 0.3 is 11.9 Å². The third-order valence-electron chi connectivity index (χ3n) is 2.74. The number of azo groups is 1. The Kier molecular flexibility index (Phi) is 5.74. The maximum absolute atomic E-state index is 11.3. The van der Waals surface area contributed by atoms with E-state index in [1.807, 2.05) is 0 Å². The maximum Gasteiger partial charge on any atom is 0.335 e. The second-order valence-electron chi connectivity index (χ2n) is 4.41. The summed E-state index contributed by atoms with van der Waals surface area (Å²) >= 11 is 0. The summed E-state index contributed by atoms with van der Waals surface area (Å²) in [5.74, 6) is -0.463. The fourth-order valence-electron chi connectivity index (χ4n) is 1.63. The van der Waals surface area contributed by atoms with E-state index in [1.165, 1.54) is 0 Å². The van der Waals surface area contributed by atoms with Crippen LogP contribution in [0.4, 0.5) is 11.4 Å². The van der Waals surface area contributed by atoms with Gasteiger partial charge in [-0.2, -0.15) is 5.11 Å². The van der Waals surface area contributed by atoms with Gasteiger partial charge in [0.15, 0.2) is 5.75 Å². The van der Waals surface area contributed by atoms with Gasteiger partial charge in [0.1, 0.15) is 11.4 Å². The molecule has 2 aromatic carbocycles. The number of hydrogen-bond acceptors (Lipinski definition) is 6. The van der Waals surface area contributed by atoms with Crippen molar-refractivity contribution in [3.05, 3.63) is 73.8 Å². The van der Waals surface area contributed by atoms with Crippen LogP contribution < -0.4 is 9.47 Å². The topological polar surface area (TPSA) is 77.3 Å². The zero-order valence-electron chi connectivity index (χ0n) is 12.7. The highest BCUT2D eigenvalue weighted by atomic mass is 16.5. The standard InChI is InChI=1S/C18H14N2O4/c1-3-17(21)23-14-11-9-13(10-12-14)19-20-15-7-5-6-8-16(15)24-18(22)4-2/h3-12H,1-2H2. The lowest BCUT2D eigenvalue weighted by atomic mass is 10.3. The van der Waals surface area contributed by atoms with E-state index in [0.717, 1.165) is 12.2 Å². The second kappa shape index (κ2) is 8.19. The third-order valence-corrected chi connectivity index (χ3v) is 2.74. The number of esters is 2. The molecular formula is C18H14N2O4. The van der Waals surface area contributed by atoms with E-state index < -0.39 is 11.9 Å². The van der Waals surface area contributed by atoms with E-state index in [9.17, 15) is 9.59 Å². The van der Waals surface area contributed by atoms with Gasteiger partial charge in [-0.25, -0.2) is 9.59 Å². The Morgan fingerprint density at radius 2 is 1.46 bits per heavy atom. The first kappa shape index (κ1) is 16.8. The molecule has 24 heavy (non-hydrogen) atoms. The molecule has 0 saturated heterocycles. The van der Waals surface area contributed by atoms with Crippen molar-refractivity contribution in [1.82, 2.24) is 0 Å². The molecule has 0 aliphatic carbocycles. The van der Waals surface area contributed by atoms with Gasteiger partial charge in [0.05, 0.1) is 5.69 Å². The Bertz CT molecular complexity index is 795. The minimum atomic E-state index is -0.578. The fraction of sp³-hybridized carbons (Fsp3) is 0. The normalized spacial score (nSPS) is 10.2. The monoisotopic (exact) mass is 322 g/mol. The molecule has 2 aromatic rings. The Balaban J connectivity index is 2.13. The number of para-hydroxylation sites is 1. The highest BCUT2D eigenvalue weighted by Gasteiger charge is 2.05. The lowest BCUT2D eigenvalue weighted by molar-refractivity contribution is -0.129. The Hall–Kier alpha value is -3.54. The van der Waals surface area contributed by atoms with Crippen LogP contribution in [-0.4, -0.2) is 11.9 Å². The minimum absolute atomic E-state index is 0.280. The molecule has 0 radical (unpaired) electrons. The zero-order chi connectivity index (χ0) is 17.4. The first-order chi connectivity index (χ1) is 11.6. The largest absolute Gasteiger partial charge is 0.423 e. The number of ether oxygens (including phenoxy) is 2. The summed E-state index contributed by atoms with van der Waals surface area (Å²) in [5, 5.41) is 8.12. The van der Waals surface area contributed by atoms with Gasteiger partial charge in [0, 0.05) is 12.2 Å².